The van der Waals surface area contributed by atoms with Gasteiger partial charge in [0.15, 0.2) is 0 Å². The minimum absolute atomic E-state index is 0.0635. The van der Waals surface area contributed by atoms with E-state index in [-0.39, 0.29) is 18.4 Å². The fourth-order valence-corrected chi connectivity index (χ4v) is 2.83. The van der Waals surface area contributed by atoms with Crippen molar-refractivity contribution in [1.29, 1.82) is 0 Å². The number of nitrogens with zero attached hydrogens (tertiary/aromatic N) is 2. The summed E-state index contributed by atoms with van der Waals surface area (Å²) in [6.45, 7) is 2.25. The van der Waals surface area contributed by atoms with Crippen molar-refractivity contribution in [3.05, 3.63) is 35.9 Å². The lowest BCUT2D eigenvalue weighted by Crippen LogP contribution is -2.47. The van der Waals surface area contributed by atoms with Gasteiger partial charge in [-0.05, 0) is 24.8 Å². The van der Waals surface area contributed by atoms with E-state index >= 15 is 0 Å². The Hall–Kier alpha value is -2.37. The summed E-state index contributed by atoms with van der Waals surface area (Å²) in [5.74, 6) is -1.45. The van der Waals surface area contributed by atoms with Gasteiger partial charge in [-0.2, -0.15) is 0 Å². The van der Waals surface area contributed by atoms with E-state index < -0.39 is 12.0 Å². The number of aliphatic carboxylic acids is 1. The molecule has 6 nitrogen and oxygen atoms in total. The molecule has 1 aromatic carbocycles. The molecule has 1 saturated heterocycles. The van der Waals surface area contributed by atoms with Crippen molar-refractivity contribution in [2.75, 3.05) is 19.6 Å². The van der Waals surface area contributed by atoms with E-state index in [1.54, 1.807) is 0 Å². The lowest BCUT2D eigenvalue weighted by Gasteiger charge is -2.26. The second-order valence-corrected chi connectivity index (χ2v) is 5.76. The predicted molar refractivity (Wildman–Crippen MR) is 84.8 cm³/mol. The predicted octanol–water partition coefficient (Wildman–Crippen LogP) is 1.15. The average Bonchev–Trinajstić information content (AvgIpc) is 3.02. The van der Waals surface area contributed by atoms with Crippen molar-refractivity contribution in [3.8, 4) is 0 Å². The molecule has 0 aliphatic carbocycles. The Morgan fingerprint density at radius 2 is 1.96 bits per heavy atom. The van der Waals surface area contributed by atoms with E-state index in [0.717, 1.165) is 5.56 Å². The molecule has 1 aliphatic heterocycles. The SMILES string of the molecule is CC(=O)N(CCc1ccccc1)CC(=O)N1CCC[C@@H]1C(=O)O. The van der Waals surface area contributed by atoms with Crippen molar-refractivity contribution >= 4 is 17.8 Å². The fourth-order valence-electron chi connectivity index (χ4n) is 2.83. The highest BCUT2D eigenvalue weighted by molar-refractivity contribution is 5.88. The summed E-state index contributed by atoms with van der Waals surface area (Å²) < 4.78 is 0. The number of hydrogen-bond donors (Lipinski definition) is 1. The number of carbonyl (C=O) groups is 3. The molecular formula is C17H22N2O4. The largest absolute Gasteiger partial charge is 0.480 e. The molecule has 0 saturated carbocycles. The van der Waals surface area contributed by atoms with Gasteiger partial charge >= 0.3 is 5.97 Å². The number of likely N-dealkylation sites (tertiary alicyclic amines) is 1. The molecule has 23 heavy (non-hydrogen) atoms. The Labute approximate surface area is 135 Å². The van der Waals surface area contributed by atoms with Crippen LogP contribution in [0.1, 0.15) is 25.3 Å². The van der Waals surface area contributed by atoms with Crippen LogP contribution in [0.3, 0.4) is 0 Å². The number of carboxylic acid groups (broad SMARTS) is 1. The molecule has 1 N–H and O–H groups in total. The first-order chi connectivity index (χ1) is 11.0. The molecule has 0 unspecified atom stereocenters. The third kappa shape index (κ3) is 4.55. The van der Waals surface area contributed by atoms with Crippen molar-refractivity contribution in [2.45, 2.75) is 32.2 Å². The van der Waals surface area contributed by atoms with E-state index in [1.807, 2.05) is 30.3 Å². The third-order valence-corrected chi connectivity index (χ3v) is 4.14. The monoisotopic (exact) mass is 318 g/mol. The Balaban J connectivity index is 1.95. The minimum atomic E-state index is -0.977. The van der Waals surface area contributed by atoms with Crippen LogP contribution in [-0.4, -0.2) is 58.4 Å². The molecule has 1 aliphatic rings. The zero-order valence-corrected chi connectivity index (χ0v) is 13.3. The van der Waals surface area contributed by atoms with Crippen LogP contribution in [0, 0.1) is 0 Å². The van der Waals surface area contributed by atoms with E-state index in [0.29, 0.717) is 32.4 Å². The fraction of sp³-hybridized carbons (Fsp3) is 0.471. The zero-order valence-electron chi connectivity index (χ0n) is 13.3. The second-order valence-electron chi connectivity index (χ2n) is 5.76. The molecule has 1 fully saturated rings. The Bertz CT molecular complexity index is 573. The summed E-state index contributed by atoms with van der Waals surface area (Å²) in [6.07, 6.45) is 1.83. The summed E-state index contributed by atoms with van der Waals surface area (Å²) in [7, 11) is 0. The molecule has 1 aromatic rings. The summed E-state index contributed by atoms with van der Waals surface area (Å²) in [5, 5.41) is 9.15. The second kappa shape index (κ2) is 7.76. The zero-order chi connectivity index (χ0) is 16.8. The standard InChI is InChI=1S/C17H22N2O4/c1-13(20)18(11-9-14-6-3-2-4-7-14)12-16(21)19-10-5-8-15(19)17(22)23/h2-4,6-7,15H,5,8-12H2,1H3,(H,22,23)/t15-/m1/s1. The Morgan fingerprint density at radius 1 is 1.26 bits per heavy atom. The molecule has 2 amide bonds. The Kier molecular flexibility index (Phi) is 5.73. The first-order valence-electron chi connectivity index (χ1n) is 7.80. The quantitative estimate of drug-likeness (QED) is 0.853. The minimum Gasteiger partial charge on any atom is -0.480 e. The van der Waals surface area contributed by atoms with Crippen LogP contribution < -0.4 is 0 Å². The van der Waals surface area contributed by atoms with Gasteiger partial charge in [-0.15, -0.1) is 0 Å². The van der Waals surface area contributed by atoms with Gasteiger partial charge in [0.05, 0.1) is 6.54 Å². The lowest BCUT2D eigenvalue weighted by molar-refractivity contribution is -0.149. The maximum Gasteiger partial charge on any atom is 0.326 e. The maximum absolute atomic E-state index is 12.4. The van der Waals surface area contributed by atoms with Crippen LogP contribution in [0.4, 0.5) is 0 Å². The molecule has 0 bridgehead atoms. The highest BCUT2D eigenvalue weighted by atomic mass is 16.4. The van der Waals surface area contributed by atoms with Gasteiger partial charge in [0.1, 0.15) is 6.04 Å². The molecule has 1 heterocycles. The van der Waals surface area contributed by atoms with Gasteiger partial charge < -0.3 is 14.9 Å². The molecule has 1 atom stereocenters. The van der Waals surface area contributed by atoms with E-state index in [9.17, 15) is 14.4 Å². The molecule has 124 valence electrons. The normalized spacial score (nSPS) is 17.1. The topological polar surface area (TPSA) is 77.9 Å². The summed E-state index contributed by atoms with van der Waals surface area (Å²) in [6, 6.07) is 8.98. The maximum atomic E-state index is 12.4. The van der Waals surface area contributed by atoms with Crippen molar-refractivity contribution in [3.63, 3.8) is 0 Å². The van der Waals surface area contributed by atoms with Crippen molar-refractivity contribution < 1.29 is 19.5 Å². The molecule has 0 spiro atoms. The number of hydrogen-bond acceptors (Lipinski definition) is 3. The number of rotatable bonds is 6. The van der Waals surface area contributed by atoms with Crippen LogP contribution in [-0.2, 0) is 20.8 Å². The summed E-state index contributed by atoms with van der Waals surface area (Å²) >= 11 is 0. The van der Waals surface area contributed by atoms with Crippen LogP contribution >= 0.6 is 0 Å². The average molecular weight is 318 g/mol. The van der Waals surface area contributed by atoms with Gasteiger partial charge in [-0.25, -0.2) is 4.79 Å². The highest BCUT2D eigenvalue weighted by Crippen LogP contribution is 2.18. The van der Waals surface area contributed by atoms with Gasteiger partial charge in [-0.1, -0.05) is 30.3 Å². The van der Waals surface area contributed by atoms with Crippen LogP contribution in [0.2, 0.25) is 0 Å². The van der Waals surface area contributed by atoms with Crippen LogP contribution in [0.25, 0.3) is 0 Å². The smallest absolute Gasteiger partial charge is 0.326 e. The van der Waals surface area contributed by atoms with Crippen molar-refractivity contribution in [1.82, 2.24) is 9.80 Å². The van der Waals surface area contributed by atoms with Crippen LogP contribution in [0.15, 0.2) is 30.3 Å². The summed E-state index contributed by atoms with van der Waals surface area (Å²) in [4.78, 5) is 38.2. The first-order valence-corrected chi connectivity index (χ1v) is 7.80. The van der Waals surface area contributed by atoms with Gasteiger partial charge in [0.2, 0.25) is 11.8 Å². The van der Waals surface area contributed by atoms with Gasteiger partial charge in [0.25, 0.3) is 0 Å². The van der Waals surface area contributed by atoms with Gasteiger partial charge in [0, 0.05) is 20.0 Å². The van der Waals surface area contributed by atoms with E-state index in [2.05, 4.69) is 0 Å². The number of carbonyl (C=O) groups excluding carboxylic acids is 2. The Morgan fingerprint density at radius 3 is 2.57 bits per heavy atom. The van der Waals surface area contributed by atoms with Crippen LogP contribution in [0.5, 0.6) is 0 Å². The summed E-state index contributed by atoms with van der Waals surface area (Å²) in [5.41, 5.74) is 1.09. The molecule has 0 radical (unpaired) electrons. The van der Waals surface area contributed by atoms with E-state index in [4.69, 9.17) is 5.11 Å². The van der Waals surface area contributed by atoms with Crippen molar-refractivity contribution in [2.24, 2.45) is 0 Å². The number of benzene rings is 1. The molecule has 0 aromatic heterocycles. The first kappa shape index (κ1) is 17.0. The van der Waals surface area contributed by atoms with E-state index in [1.165, 1.54) is 16.7 Å². The molecular weight excluding hydrogens is 296 g/mol. The number of carboxylic acids is 1. The molecule has 2 rings (SSSR count). The van der Waals surface area contributed by atoms with Gasteiger partial charge in [-0.3, -0.25) is 9.59 Å². The lowest BCUT2D eigenvalue weighted by atomic mass is 10.1. The number of amides is 2. The molecule has 6 heteroatoms. The highest BCUT2D eigenvalue weighted by Gasteiger charge is 2.34. The third-order valence-electron chi connectivity index (χ3n) is 4.14.